The Morgan fingerprint density at radius 3 is 2.69 bits per heavy atom. The summed E-state index contributed by atoms with van der Waals surface area (Å²) in [6.45, 7) is 1.91. The molecule has 0 amide bonds. The maximum Gasteiger partial charge on any atom is 0.124 e. The number of rotatable bonds is 2. The van der Waals surface area contributed by atoms with Crippen LogP contribution in [0.15, 0.2) is 18.2 Å². The van der Waals surface area contributed by atoms with Gasteiger partial charge in [-0.15, -0.1) is 0 Å². The first kappa shape index (κ1) is 11.4. The van der Waals surface area contributed by atoms with Gasteiger partial charge in [0.1, 0.15) is 11.7 Å². The van der Waals surface area contributed by atoms with Gasteiger partial charge in [-0.2, -0.15) is 0 Å². The lowest BCUT2D eigenvalue weighted by atomic mass is 10.1. The predicted molar refractivity (Wildman–Crippen MR) is 63.6 cm³/mol. The number of hydrogen-bond acceptors (Lipinski definition) is 1. The molecule has 1 N–H and O–H groups in total. The van der Waals surface area contributed by atoms with E-state index in [0.717, 1.165) is 31.5 Å². The number of hydrogen-bond donors (Lipinski definition) is 1. The fourth-order valence-corrected chi connectivity index (χ4v) is 2.18. The minimum atomic E-state index is -0.332. The van der Waals surface area contributed by atoms with Gasteiger partial charge < -0.3 is 4.90 Å². The van der Waals surface area contributed by atoms with Crippen molar-refractivity contribution in [2.24, 2.45) is 0 Å². The SMILES string of the molecule is N=C(Cc1ccc(F)cc1Cl)N1CCCC1. The molecule has 0 aromatic heterocycles. The average Bonchev–Trinajstić information content (AvgIpc) is 2.75. The van der Waals surface area contributed by atoms with Crippen molar-refractivity contribution in [3.8, 4) is 0 Å². The van der Waals surface area contributed by atoms with Gasteiger partial charge in [0.2, 0.25) is 0 Å². The largest absolute Gasteiger partial charge is 0.360 e. The van der Waals surface area contributed by atoms with E-state index in [9.17, 15) is 4.39 Å². The summed E-state index contributed by atoms with van der Waals surface area (Å²) in [7, 11) is 0. The summed E-state index contributed by atoms with van der Waals surface area (Å²) < 4.78 is 12.8. The van der Waals surface area contributed by atoms with Crippen molar-refractivity contribution in [1.29, 1.82) is 5.41 Å². The van der Waals surface area contributed by atoms with Crippen LogP contribution >= 0.6 is 11.6 Å². The number of likely N-dealkylation sites (tertiary alicyclic amines) is 1. The smallest absolute Gasteiger partial charge is 0.124 e. The summed E-state index contributed by atoms with van der Waals surface area (Å²) in [6, 6.07) is 4.34. The molecule has 0 atom stereocenters. The molecule has 86 valence electrons. The quantitative estimate of drug-likeness (QED) is 0.624. The first-order chi connectivity index (χ1) is 7.66. The number of amidine groups is 1. The summed E-state index contributed by atoms with van der Waals surface area (Å²) in [5.74, 6) is 0.243. The molecule has 1 heterocycles. The van der Waals surface area contributed by atoms with Gasteiger partial charge in [0.25, 0.3) is 0 Å². The molecule has 0 spiro atoms. The minimum absolute atomic E-state index is 0.332. The molecular formula is C12H14ClFN2. The lowest BCUT2D eigenvalue weighted by Crippen LogP contribution is -2.28. The van der Waals surface area contributed by atoms with Crippen molar-refractivity contribution in [1.82, 2.24) is 4.90 Å². The second kappa shape index (κ2) is 4.83. The molecule has 0 unspecified atom stereocenters. The Balaban J connectivity index is 2.05. The molecule has 1 aliphatic heterocycles. The summed E-state index contributed by atoms with van der Waals surface area (Å²) in [6.07, 6.45) is 2.79. The Morgan fingerprint density at radius 2 is 2.06 bits per heavy atom. The van der Waals surface area contributed by atoms with Crippen molar-refractivity contribution in [2.75, 3.05) is 13.1 Å². The molecule has 1 saturated heterocycles. The zero-order valence-corrected chi connectivity index (χ0v) is 9.73. The molecule has 2 nitrogen and oxygen atoms in total. The summed E-state index contributed by atoms with van der Waals surface area (Å²) in [4.78, 5) is 2.06. The van der Waals surface area contributed by atoms with Crippen LogP contribution in [0.1, 0.15) is 18.4 Å². The molecule has 1 fully saturated rings. The second-order valence-corrected chi connectivity index (χ2v) is 4.46. The van der Waals surface area contributed by atoms with Crippen LogP contribution in [0.2, 0.25) is 5.02 Å². The third kappa shape index (κ3) is 2.53. The highest BCUT2D eigenvalue weighted by atomic mass is 35.5. The predicted octanol–water partition coefficient (Wildman–Crippen LogP) is 3.09. The van der Waals surface area contributed by atoms with Crippen LogP contribution in [0.25, 0.3) is 0 Å². The average molecular weight is 241 g/mol. The molecular weight excluding hydrogens is 227 g/mol. The Hall–Kier alpha value is -1.09. The molecule has 0 aliphatic carbocycles. The van der Waals surface area contributed by atoms with Gasteiger partial charge >= 0.3 is 0 Å². The monoisotopic (exact) mass is 240 g/mol. The van der Waals surface area contributed by atoms with Crippen molar-refractivity contribution in [2.45, 2.75) is 19.3 Å². The number of benzene rings is 1. The van der Waals surface area contributed by atoms with Gasteiger partial charge in [0, 0.05) is 24.5 Å². The Bertz CT molecular complexity index is 400. The highest BCUT2D eigenvalue weighted by Gasteiger charge is 2.16. The molecule has 0 bridgehead atoms. The molecule has 16 heavy (non-hydrogen) atoms. The zero-order chi connectivity index (χ0) is 11.5. The van der Waals surface area contributed by atoms with Gasteiger partial charge in [-0.05, 0) is 30.5 Å². The molecule has 0 saturated carbocycles. The fraction of sp³-hybridized carbons (Fsp3) is 0.417. The van der Waals surface area contributed by atoms with Crippen molar-refractivity contribution in [3.05, 3.63) is 34.6 Å². The van der Waals surface area contributed by atoms with Crippen molar-refractivity contribution in [3.63, 3.8) is 0 Å². The van der Waals surface area contributed by atoms with Crippen molar-refractivity contribution < 1.29 is 4.39 Å². The molecule has 1 aromatic carbocycles. The molecule has 4 heteroatoms. The summed E-state index contributed by atoms with van der Waals surface area (Å²) in [5.41, 5.74) is 0.819. The highest BCUT2D eigenvalue weighted by Crippen LogP contribution is 2.19. The Kier molecular flexibility index (Phi) is 3.44. The van der Waals surface area contributed by atoms with Crippen LogP contribution in [0.4, 0.5) is 4.39 Å². The number of nitrogens with zero attached hydrogens (tertiary/aromatic N) is 1. The second-order valence-electron chi connectivity index (χ2n) is 4.05. The van der Waals surface area contributed by atoms with Crippen molar-refractivity contribution >= 4 is 17.4 Å². The standard InChI is InChI=1S/C12H14ClFN2/c13-11-8-10(14)4-3-9(11)7-12(15)16-5-1-2-6-16/h3-4,8,15H,1-2,5-7H2. The molecule has 1 aromatic rings. The summed E-state index contributed by atoms with van der Waals surface area (Å²) >= 11 is 5.93. The topological polar surface area (TPSA) is 27.1 Å². The Morgan fingerprint density at radius 1 is 1.38 bits per heavy atom. The molecule has 2 rings (SSSR count). The first-order valence-corrected chi connectivity index (χ1v) is 5.81. The molecule has 0 radical (unpaired) electrons. The van der Waals surface area contributed by atoms with Gasteiger partial charge in [-0.25, -0.2) is 4.39 Å². The van der Waals surface area contributed by atoms with Crippen LogP contribution in [-0.4, -0.2) is 23.8 Å². The van der Waals surface area contributed by atoms with Crippen LogP contribution < -0.4 is 0 Å². The van der Waals surface area contributed by atoms with E-state index in [0.29, 0.717) is 17.3 Å². The van der Waals surface area contributed by atoms with Crippen LogP contribution in [0, 0.1) is 11.2 Å². The normalized spacial score (nSPS) is 15.5. The van der Waals surface area contributed by atoms with E-state index in [1.54, 1.807) is 6.07 Å². The third-order valence-electron chi connectivity index (χ3n) is 2.86. The fourth-order valence-electron chi connectivity index (χ4n) is 1.94. The van der Waals surface area contributed by atoms with Gasteiger partial charge in [-0.1, -0.05) is 17.7 Å². The van der Waals surface area contributed by atoms with Crippen LogP contribution in [0.5, 0.6) is 0 Å². The van der Waals surface area contributed by atoms with Crippen LogP contribution in [-0.2, 0) is 6.42 Å². The van der Waals surface area contributed by atoms with Crippen LogP contribution in [0.3, 0.4) is 0 Å². The van der Waals surface area contributed by atoms with E-state index in [1.165, 1.54) is 12.1 Å². The van der Waals surface area contributed by atoms with Gasteiger partial charge in [-0.3, -0.25) is 5.41 Å². The first-order valence-electron chi connectivity index (χ1n) is 5.43. The minimum Gasteiger partial charge on any atom is -0.360 e. The lowest BCUT2D eigenvalue weighted by molar-refractivity contribution is 0.506. The Labute approximate surface area is 99.5 Å². The highest BCUT2D eigenvalue weighted by molar-refractivity contribution is 6.31. The van der Waals surface area contributed by atoms with E-state index >= 15 is 0 Å². The maximum absolute atomic E-state index is 12.8. The maximum atomic E-state index is 12.8. The number of nitrogens with one attached hydrogen (secondary N) is 1. The van der Waals surface area contributed by atoms with E-state index in [4.69, 9.17) is 17.0 Å². The van der Waals surface area contributed by atoms with E-state index in [1.807, 2.05) is 0 Å². The van der Waals surface area contributed by atoms with E-state index in [2.05, 4.69) is 4.90 Å². The summed E-state index contributed by atoms with van der Waals surface area (Å²) in [5, 5.41) is 8.35. The lowest BCUT2D eigenvalue weighted by Gasteiger charge is -2.18. The zero-order valence-electron chi connectivity index (χ0n) is 8.97. The third-order valence-corrected chi connectivity index (χ3v) is 3.21. The molecule has 1 aliphatic rings. The van der Waals surface area contributed by atoms with E-state index < -0.39 is 0 Å². The van der Waals surface area contributed by atoms with E-state index in [-0.39, 0.29) is 5.82 Å². The van der Waals surface area contributed by atoms with Gasteiger partial charge in [0.05, 0.1) is 0 Å². The number of halogens is 2. The van der Waals surface area contributed by atoms with Gasteiger partial charge in [0.15, 0.2) is 0 Å².